The molecule has 1 aromatic heterocycles. The van der Waals surface area contributed by atoms with Gasteiger partial charge in [0.1, 0.15) is 0 Å². The molecule has 0 aliphatic rings. The lowest BCUT2D eigenvalue weighted by molar-refractivity contribution is 0.0677. The van der Waals surface area contributed by atoms with Crippen molar-refractivity contribution < 1.29 is 9.90 Å². The molecule has 84 valence electrons. The molecule has 0 bridgehead atoms. The number of hydrogen-bond donors (Lipinski definition) is 2. The molecule has 0 radical (unpaired) electrons. The zero-order valence-electron chi connectivity index (χ0n) is 9.10. The van der Waals surface area contributed by atoms with Crippen LogP contribution < -0.4 is 5.73 Å². The van der Waals surface area contributed by atoms with E-state index in [1.807, 2.05) is 13.8 Å². The first kappa shape index (κ1) is 11.7. The van der Waals surface area contributed by atoms with Gasteiger partial charge in [-0.3, -0.25) is 0 Å². The fraction of sp³-hybridized carbons (Fsp3) is 0.600. The largest absolute Gasteiger partial charge is 0.475 e. The predicted octanol–water partition coefficient (Wildman–Crippen LogP) is 1.40. The first-order valence-corrected chi connectivity index (χ1v) is 5.16. The standard InChI is InChI=1S/C10H17N3O2/c1-3-5-13-8(7(11)4-2)6-12-9(13)10(14)15/h6-7H,3-5,11H2,1-2H3,(H,14,15). The van der Waals surface area contributed by atoms with Crippen molar-refractivity contribution in [3.05, 3.63) is 17.7 Å². The summed E-state index contributed by atoms with van der Waals surface area (Å²) in [5.74, 6) is -0.922. The maximum atomic E-state index is 10.9. The molecule has 0 aliphatic carbocycles. The molecule has 0 spiro atoms. The first-order valence-electron chi connectivity index (χ1n) is 5.16. The summed E-state index contributed by atoms with van der Waals surface area (Å²) in [6, 6.07) is -0.142. The van der Waals surface area contributed by atoms with Gasteiger partial charge in [-0.25, -0.2) is 9.78 Å². The number of carboxylic acids is 1. The lowest BCUT2D eigenvalue weighted by Gasteiger charge is -2.13. The van der Waals surface area contributed by atoms with Crippen LogP contribution in [0.1, 0.15) is 49.0 Å². The minimum absolute atomic E-state index is 0.0794. The highest BCUT2D eigenvalue weighted by atomic mass is 16.4. The Hall–Kier alpha value is -1.36. The highest BCUT2D eigenvalue weighted by Gasteiger charge is 2.18. The van der Waals surface area contributed by atoms with E-state index >= 15 is 0 Å². The zero-order chi connectivity index (χ0) is 11.4. The fourth-order valence-electron chi connectivity index (χ4n) is 1.52. The van der Waals surface area contributed by atoms with Crippen molar-refractivity contribution in [1.29, 1.82) is 0 Å². The van der Waals surface area contributed by atoms with Crippen LogP contribution >= 0.6 is 0 Å². The smallest absolute Gasteiger partial charge is 0.372 e. The van der Waals surface area contributed by atoms with Gasteiger partial charge in [0.2, 0.25) is 5.82 Å². The summed E-state index contributed by atoms with van der Waals surface area (Å²) in [5, 5.41) is 8.94. The monoisotopic (exact) mass is 211 g/mol. The number of rotatable bonds is 5. The van der Waals surface area contributed by atoms with Gasteiger partial charge < -0.3 is 15.4 Å². The Morgan fingerprint density at radius 2 is 2.33 bits per heavy atom. The van der Waals surface area contributed by atoms with Gasteiger partial charge in [-0.15, -0.1) is 0 Å². The van der Waals surface area contributed by atoms with Crippen LogP contribution in [0.2, 0.25) is 0 Å². The highest BCUT2D eigenvalue weighted by molar-refractivity contribution is 5.83. The van der Waals surface area contributed by atoms with Crippen molar-refractivity contribution in [2.75, 3.05) is 0 Å². The van der Waals surface area contributed by atoms with E-state index < -0.39 is 5.97 Å². The zero-order valence-corrected chi connectivity index (χ0v) is 9.10. The molecular weight excluding hydrogens is 194 g/mol. The van der Waals surface area contributed by atoms with E-state index in [0.717, 1.165) is 18.5 Å². The third-order valence-electron chi connectivity index (χ3n) is 2.34. The second-order valence-electron chi connectivity index (χ2n) is 3.48. The molecule has 5 heteroatoms. The van der Waals surface area contributed by atoms with Gasteiger partial charge in [0, 0.05) is 12.6 Å². The van der Waals surface area contributed by atoms with Crippen LogP contribution in [0.15, 0.2) is 6.20 Å². The third-order valence-corrected chi connectivity index (χ3v) is 2.34. The minimum Gasteiger partial charge on any atom is -0.475 e. The molecule has 0 aromatic carbocycles. The van der Waals surface area contributed by atoms with E-state index in [1.165, 1.54) is 0 Å². The summed E-state index contributed by atoms with van der Waals surface area (Å²) in [6.07, 6.45) is 3.20. The van der Waals surface area contributed by atoms with Crippen molar-refractivity contribution in [2.45, 2.75) is 39.3 Å². The van der Waals surface area contributed by atoms with Gasteiger partial charge in [-0.2, -0.15) is 0 Å². The Labute approximate surface area is 88.9 Å². The average Bonchev–Trinajstić information content (AvgIpc) is 2.61. The molecule has 0 aliphatic heterocycles. The topological polar surface area (TPSA) is 81.1 Å². The number of aromatic carboxylic acids is 1. The Balaban J connectivity index is 3.11. The van der Waals surface area contributed by atoms with E-state index in [-0.39, 0.29) is 11.9 Å². The molecule has 0 saturated heterocycles. The van der Waals surface area contributed by atoms with Gasteiger partial charge >= 0.3 is 5.97 Å². The number of carbonyl (C=O) groups is 1. The summed E-state index contributed by atoms with van der Waals surface area (Å²) in [5.41, 5.74) is 6.69. The molecule has 1 atom stereocenters. The van der Waals surface area contributed by atoms with Crippen molar-refractivity contribution in [3.63, 3.8) is 0 Å². The molecule has 1 rings (SSSR count). The van der Waals surface area contributed by atoms with Crippen molar-refractivity contribution in [3.8, 4) is 0 Å². The molecule has 0 amide bonds. The van der Waals surface area contributed by atoms with Crippen LogP contribution in [-0.4, -0.2) is 20.6 Å². The van der Waals surface area contributed by atoms with Gasteiger partial charge in [0.15, 0.2) is 0 Å². The first-order chi connectivity index (χ1) is 7.11. The predicted molar refractivity (Wildman–Crippen MR) is 56.7 cm³/mol. The summed E-state index contributed by atoms with van der Waals surface area (Å²) >= 11 is 0. The molecule has 1 aromatic rings. The SMILES string of the molecule is CCCn1c(C(N)CC)cnc1C(=O)O. The second-order valence-corrected chi connectivity index (χ2v) is 3.48. The van der Waals surface area contributed by atoms with Crippen molar-refractivity contribution in [1.82, 2.24) is 9.55 Å². The van der Waals surface area contributed by atoms with E-state index in [2.05, 4.69) is 4.98 Å². The normalized spacial score (nSPS) is 12.7. The van der Waals surface area contributed by atoms with Crippen LogP contribution in [0.25, 0.3) is 0 Å². The molecule has 15 heavy (non-hydrogen) atoms. The van der Waals surface area contributed by atoms with Gasteiger partial charge in [-0.05, 0) is 12.8 Å². The lowest BCUT2D eigenvalue weighted by atomic mass is 10.2. The summed E-state index contributed by atoms with van der Waals surface area (Å²) in [4.78, 5) is 14.8. The van der Waals surface area contributed by atoms with Crippen molar-refractivity contribution in [2.24, 2.45) is 5.73 Å². The van der Waals surface area contributed by atoms with Crippen LogP contribution in [0.4, 0.5) is 0 Å². The maximum Gasteiger partial charge on any atom is 0.372 e. The second kappa shape index (κ2) is 4.93. The maximum absolute atomic E-state index is 10.9. The molecule has 3 N–H and O–H groups in total. The van der Waals surface area contributed by atoms with Crippen molar-refractivity contribution >= 4 is 5.97 Å². The van der Waals surface area contributed by atoms with Crippen LogP contribution in [0.3, 0.4) is 0 Å². The number of hydrogen-bond acceptors (Lipinski definition) is 3. The number of carboxylic acid groups (broad SMARTS) is 1. The number of aromatic nitrogens is 2. The average molecular weight is 211 g/mol. The highest BCUT2D eigenvalue weighted by Crippen LogP contribution is 2.16. The van der Waals surface area contributed by atoms with Crippen LogP contribution in [-0.2, 0) is 6.54 Å². The summed E-state index contributed by atoms with van der Waals surface area (Å²) in [7, 11) is 0. The van der Waals surface area contributed by atoms with Crippen LogP contribution in [0.5, 0.6) is 0 Å². The quantitative estimate of drug-likeness (QED) is 0.771. The molecular formula is C10H17N3O2. The Kier molecular flexibility index (Phi) is 3.85. The molecule has 0 saturated carbocycles. The minimum atomic E-state index is -1.00. The number of nitrogens with zero attached hydrogens (tertiary/aromatic N) is 2. The molecule has 1 unspecified atom stereocenters. The Bertz CT molecular complexity index is 346. The molecule has 5 nitrogen and oxygen atoms in total. The summed E-state index contributed by atoms with van der Waals surface area (Å²) < 4.78 is 1.69. The van der Waals surface area contributed by atoms with Gasteiger partial charge in [0.25, 0.3) is 0 Å². The van der Waals surface area contributed by atoms with E-state index in [4.69, 9.17) is 10.8 Å². The number of imidazole rings is 1. The number of nitrogens with two attached hydrogens (primary N) is 1. The van der Waals surface area contributed by atoms with E-state index in [1.54, 1.807) is 10.8 Å². The fourth-order valence-corrected chi connectivity index (χ4v) is 1.52. The van der Waals surface area contributed by atoms with Gasteiger partial charge in [0.05, 0.1) is 11.9 Å². The van der Waals surface area contributed by atoms with E-state index in [9.17, 15) is 4.79 Å². The summed E-state index contributed by atoms with van der Waals surface area (Å²) in [6.45, 7) is 4.60. The van der Waals surface area contributed by atoms with E-state index in [0.29, 0.717) is 6.54 Å². The Morgan fingerprint density at radius 3 is 2.80 bits per heavy atom. The van der Waals surface area contributed by atoms with Crippen LogP contribution in [0, 0.1) is 0 Å². The lowest BCUT2D eigenvalue weighted by Crippen LogP contribution is -2.18. The third kappa shape index (κ3) is 2.36. The van der Waals surface area contributed by atoms with Gasteiger partial charge in [-0.1, -0.05) is 13.8 Å². The molecule has 1 heterocycles. The molecule has 0 fully saturated rings. The Morgan fingerprint density at radius 1 is 1.67 bits per heavy atom.